The fourth-order valence-corrected chi connectivity index (χ4v) is 2.89. The van der Waals surface area contributed by atoms with Gasteiger partial charge in [0.05, 0.1) is 11.3 Å². The van der Waals surface area contributed by atoms with Crippen molar-refractivity contribution in [2.24, 2.45) is 0 Å². The van der Waals surface area contributed by atoms with Gasteiger partial charge in [0.15, 0.2) is 0 Å². The minimum atomic E-state index is -1.03. The Morgan fingerprint density at radius 3 is 2.45 bits per heavy atom. The van der Waals surface area contributed by atoms with E-state index in [4.69, 9.17) is 5.11 Å². The van der Waals surface area contributed by atoms with E-state index < -0.39 is 17.1 Å². The number of aliphatic carboxylic acids is 1. The molecule has 1 saturated heterocycles. The number of hydrogen-bond donors (Lipinski definition) is 1. The Balaban J connectivity index is 2.13. The summed E-state index contributed by atoms with van der Waals surface area (Å²) in [5, 5.41) is 8.23. The van der Waals surface area contributed by atoms with Crippen molar-refractivity contribution in [2.45, 2.75) is 26.2 Å². The van der Waals surface area contributed by atoms with Crippen molar-refractivity contribution < 1.29 is 19.5 Å². The fourth-order valence-electron chi connectivity index (χ4n) is 2.03. The van der Waals surface area contributed by atoms with E-state index in [1.807, 2.05) is 24.3 Å². The Kier molecular flexibility index (Phi) is 5.03. The fraction of sp³-hybridized carbons (Fsp3) is 0.312. The molecule has 22 heavy (non-hydrogen) atoms. The lowest BCUT2D eigenvalue weighted by molar-refractivity contribution is -0.137. The average molecular weight is 319 g/mol. The standard InChI is InChI=1S/C16H17NO4S/c1-10(2)12-5-3-11(4-6-12)9-13-15(20)17(16(21)22-13)8-7-14(18)19/h3-6,9-10H,7-8H2,1-2H3,(H,18,19)/b13-9-. The third kappa shape index (κ3) is 3.76. The molecule has 1 aromatic rings. The van der Waals surface area contributed by atoms with Crippen LogP contribution in [0.25, 0.3) is 6.08 Å². The van der Waals surface area contributed by atoms with Crippen molar-refractivity contribution in [3.05, 3.63) is 40.3 Å². The lowest BCUT2D eigenvalue weighted by Gasteiger charge is -2.09. The Hall–Kier alpha value is -2.08. The van der Waals surface area contributed by atoms with Crippen LogP contribution in [-0.4, -0.2) is 33.7 Å². The summed E-state index contributed by atoms with van der Waals surface area (Å²) in [6.07, 6.45) is 1.42. The summed E-state index contributed by atoms with van der Waals surface area (Å²) in [6.45, 7) is 4.11. The highest BCUT2D eigenvalue weighted by molar-refractivity contribution is 8.18. The van der Waals surface area contributed by atoms with Gasteiger partial charge in [-0.2, -0.15) is 0 Å². The molecule has 0 spiro atoms. The molecule has 5 nitrogen and oxygen atoms in total. The zero-order chi connectivity index (χ0) is 16.3. The number of rotatable bonds is 5. The molecule has 0 atom stereocenters. The van der Waals surface area contributed by atoms with E-state index in [0.29, 0.717) is 10.8 Å². The van der Waals surface area contributed by atoms with E-state index in [9.17, 15) is 14.4 Å². The van der Waals surface area contributed by atoms with Gasteiger partial charge in [-0.05, 0) is 34.9 Å². The molecule has 0 aromatic heterocycles. The summed E-state index contributed by atoms with van der Waals surface area (Å²) in [4.78, 5) is 35.8. The molecule has 0 saturated carbocycles. The van der Waals surface area contributed by atoms with Crippen LogP contribution < -0.4 is 0 Å². The second kappa shape index (κ2) is 6.79. The topological polar surface area (TPSA) is 74.7 Å². The molecule has 116 valence electrons. The number of carboxylic acids is 1. The molecule has 2 rings (SSSR count). The zero-order valence-corrected chi connectivity index (χ0v) is 13.2. The quantitative estimate of drug-likeness (QED) is 0.843. The summed E-state index contributed by atoms with van der Waals surface area (Å²) in [5.74, 6) is -1.03. The molecule has 1 heterocycles. The maximum atomic E-state index is 12.1. The van der Waals surface area contributed by atoms with Crippen molar-refractivity contribution in [2.75, 3.05) is 6.54 Å². The van der Waals surface area contributed by atoms with Crippen LogP contribution in [0.4, 0.5) is 4.79 Å². The number of benzene rings is 1. The molecule has 1 N–H and O–H groups in total. The van der Waals surface area contributed by atoms with Gasteiger partial charge in [0, 0.05) is 6.54 Å². The van der Waals surface area contributed by atoms with Gasteiger partial charge in [-0.15, -0.1) is 0 Å². The lowest BCUT2D eigenvalue weighted by atomic mass is 10.0. The van der Waals surface area contributed by atoms with E-state index >= 15 is 0 Å². The van der Waals surface area contributed by atoms with Crippen molar-refractivity contribution in [1.29, 1.82) is 0 Å². The average Bonchev–Trinajstić information content (AvgIpc) is 2.72. The van der Waals surface area contributed by atoms with Crippen LogP contribution in [0.1, 0.15) is 37.3 Å². The number of carbonyl (C=O) groups excluding carboxylic acids is 2. The summed E-state index contributed by atoms with van der Waals surface area (Å²) in [6, 6.07) is 7.79. The van der Waals surface area contributed by atoms with E-state index in [2.05, 4.69) is 13.8 Å². The van der Waals surface area contributed by atoms with Crippen molar-refractivity contribution in [3.63, 3.8) is 0 Å². The molecule has 1 aromatic carbocycles. The highest BCUT2D eigenvalue weighted by Gasteiger charge is 2.34. The van der Waals surface area contributed by atoms with Gasteiger partial charge in [0.2, 0.25) is 0 Å². The maximum Gasteiger partial charge on any atom is 0.305 e. The number of thioether (sulfide) groups is 1. The third-order valence-corrected chi connectivity index (χ3v) is 4.23. The smallest absolute Gasteiger partial charge is 0.305 e. The lowest BCUT2D eigenvalue weighted by Crippen LogP contribution is -2.30. The molecule has 0 radical (unpaired) electrons. The first kappa shape index (κ1) is 16.3. The molecule has 0 bridgehead atoms. The Morgan fingerprint density at radius 1 is 1.27 bits per heavy atom. The zero-order valence-electron chi connectivity index (χ0n) is 12.4. The van der Waals surface area contributed by atoms with E-state index in [1.165, 1.54) is 5.56 Å². The first-order valence-corrected chi connectivity index (χ1v) is 7.77. The van der Waals surface area contributed by atoms with Crippen LogP contribution in [0.5, 0.6) is 0 Å². The number of imide groups is 1. The van der Waals surface area contributed by atoms with Crippen LogP contribution >= 0.6 is 11.8 Å². The normalized spacial score (nSPS) is 16.9. The third-order valence-electron chi connectivity index (χ3n) is 3.32. The van der Waals surface area contributed by atoms with Crippen molar-refractivity contribution >= 4 is 35.0 Å². The first-order chi connectivity index (χ1) is 10.4. The minimum absolute atomic E-state index is 0.0936. The van der Waals surface area contributed by atoms with Crippen LogP contribution in [0.3, 0.4) is 0 Å². The van der Waals surface area contributed by atoms with Gasteiger partial charge < -0.3 is 5.11 Å². The molecule has 2 amide bonds. The van der Waals surface area contributed by atoms with E-state index in [-0.39, 0.29) is 13.0 Å². The van der Waals surface area contributed by atoms with Crippen LogP contribution in [-0.2, 0) is 9.59 Å². The molecular weight excluding hydrogens is 302 g/mol. The second-order valence-corrected chi connectivity index (χ2v) is 6.29. The number of carbonyl (C=O) groups is 3. The number of hydrogen-bond acceptors (Lipinski definition) is 4. The highest BCUT2D eigenvalue weighted by Crippen LogP contribution is 2.32. The highest BCUT2D eigenvalue weighted by atomic mass is 32.2. The molecule has 0 aliphatic carbocycles. The molecule has 1 aliphatic heterocycles. The predicted molar refractivity (Wildman–Crippen MR) is 85.5 cm³/mol. The largest absolute Gasteiger partial charge is 0.481 e. The number of nitrogens with zero attached hydrogens (tertiary/aromatic N) is 1. The second-order valence-electron chi connectivity index (χ2n) is 5.30. The summed E-state index contributed by atoms with van der Waals surface area (Å²) in [7, 11) is 0. The Morgan fingerprint density at radius 2 is 1.91 bits per heavy atom. The summed E-state index contributed by atoms with van der Waals surface area (Å²) in [5.41, 5.74) is 2.04. The number of amides is 2. The van der Waals surface area contributed by atoms with Crippen LogP contribution in [0, 0.1) is 0 Å². The summed E-state index contributed by atoms with van der Waals surface area (Å²) < 4.78 is 0. The first-order valence-electron chi connectivity index (χ1n) is 6.95. The Bertz CT molecular complexity index is 634. The maximum absolute atomic E-state index is 12.1. The molecular formula is C16H17NO4S. The Labute approximate surface area is 133 Å². The molecule has 1 aliphatic rings. The minimum Gasteiger partial charge on any atom is -0.481 e. The van der Waals surface area contributed by atoms with Gasteiger partial charge in [-0.25, -0.2) is 0 Å². The molecule has 0 unspecified atom stereocenters. The van der Waals surface area contributed by atoms with Crippen molar-refractivity contribution in [1.82, 2.24) is 4.90 Å². The van der Waals surface area contributed by atoms with E-state index in [1.54, 1.807) is 6.08 Å². The summed E-state index contributed by atoms with van der Waals surface area (Å²) >= 11 is 0.844. The van der Waals surface area contributed by atoms with E-state index in [0.717, 1.165) is 22.2 Å². The van der Waals surface area contributed by atoms with Crippen LogP contribution in [0.2, 0.25) is 0 Å². The SMILES string of the molecule is CC(C)c1ccc(/C=C2\SC(=O)N(CCC(=O)O)C2=O)cc1. The monoisotopic (exact) mass is 319 g/mol. The van der Waals surface area contributed by atoms with Gasteiger partial charge in [-0.3, -0.25) is 19.3 Å². The van der Waals surface area contributed by atoms with Gasteiger partial charge in [0.1, 0.15) is 0 Å². The van der Waals surface area contributed by atoms with Gasteiger partial charge in [-0.1, -0.05) is 38.1 Å². The molecule has 1 fully saturated rings. The molecule has 6 heteroatoms. The van der Waals surface area contributed by atoms with Crippen molar-refractivity contribution in [3.8, 4) is 0 Å². The van der Waals surface area contributed by atoms with Crippen LogP contribution in [0.15, 0.2) is 29.2 Å². The predicted octanol–water partition coefficient (Wildman–Crippen LogP) is 3.32. The number of carboxylic acid groups (broad SMARTS) is 1. The van der Waals surface area contributed by atoms with Gasteiger partial charge in [0.25, 0.3) is 11.1 Å². The van der Waals surface area contributed by atoms with Gasteiger partial charge >= 0.3 is 5.97 Å².